The zero-order chi connectivity index (χ0) is 23.4. The molecule has 4 rings (SSSR count). The van der Waals surface area contributed by atoms with E-state index >= 15 is 0 Å². The first-order valence-electron chi connectivity index (χ1n) is 10.8. The van der Waals surface area contributed by atoms with E-state index in [-0.39, 0.29) is 23.9 Å². The third kappa shape index (κ3) is 5.46. The van der Waals surface area contributed by atoms with Gasteiger partial charge in [-0.05, 0) is 54.7 Å². The summed E-state index contributed by atoms with van der Waals surface area (Å²) in [7, 11) is -1.46. The summed E-state index contributed by atoms with van der Waals surface area (Å²) in [6.45, 7) is 3.78. The Hall–Kier alpha value is -2.67. The molecule has 3 aromatic carbocycles. The molecular formula is C26H27ClN2O3S. The summed E-state index contributed by atoms with van der Waals surface area (Å²) in [6, 6.07) is 25.4. The standard InChI is InChI=1S/C26H27ClN2O3S/c1-26(2)24(20-13-11-19(12-14-20)18-7-4-3-5-8-18)33(31)29-25(32-26)28-23(15-16-30)21-9-6-10-22(27)17-21/h3-14,17,23-24,30H,15-16H2,1-2H3,(H,28,29)/t23-,24?,33?/m0/s1. The van der Waals surface area contributed by atoms with E-state index in [9.17, 15) is 9.32 Å². The maximum absolute atomic E-state index is 13.3. The molecule has 33 heavy (non-hydrogen) atoms. The van der Waals surface area contributed by atoms with Crippen molar-refractivity contribution in [1.82, 2.24) is 4.72 Å². The molecular weight excluding hydrogens is 456 g/mol. The molecule has 0 radical (unpaired) electrons. The fraction of sp³-hybridized carbons (Fsp3) is 0.269. The first kappa shape index (κ1) is 23.5. The largest absolute Gasteiger partial charge is 0.457 e. The summed E-state index contributed by atoms with van der Waals surface area (Å²) in [5.41, 5.74) is 3.25. The van der Waals surface area contributed by atoms with Crippen LogP contribution in [0.2, 0.25) is 5.02 Å². The zero-order valence-electron chi connectivity index (χ0n) is 18.6. The SMILES string of the molecule is CC1(C)OC(=N[C@@H](CCO)c2cccc(Cl)c2)NS(=O)C1c1ccc(-c2ccccc2)cc1. The Labute approximate surface area is 202 Å². The Balaban J connectivity index is 1.57. The molecule has 1 heterocycles. The lowest BCUT2D eigenvalue weighted by molar-refractivity contribution is 0.0785. The van der Waals surface area contributed by atoms with E-state index in [2.05, 4.69) is 21.8 Å². The van der Waals surface area contributed by atoms with Gasteiger partial charge < -0.3 is 9.84 Å². The van der Waals surface area contributed by atoms with Gasteiger partial charge in [0.2, 0.25) is 0 Å². The summed E-state index contributed by atoms with van der Waals surface area (Å²) < 4.78 is 22.4. The molecule has 0 saturated carbocycles. The number of amidine groups is 1. The van der Waals surface area contributed by atoms with Crippen LogP contribution in [0.25, 0.3) is 11.1 Å². The van der Waals surface area contributed by atoms with Gasteiger partial charge in [0.15, 0.2) is 0 Å². The topological polar surface area (TPSA) is 70.9 Å². The summed E-state index contributed by atoms with van der Waals surface area (Å²) >= 11 is 6.13. The number of hydrogen-bond donors (Lipinski definition) is 2. The highest BCUT2D eigenvalue weighted by molar-refractivity contribution is 7.84. The number of nitrogens with zero attached hydrogens (tertiary/aromatic N) is 1. The van der Waals surface area contributed by atoms with E-state index in [1.54, 1.807) is 6.07 Å². The summed E-state index contributed by atoms with van der Waals surface area (Å²) in [6.07, 6.45) is 0.395. The van der Waals surface area contributed by atoms with Crippen LogP contribution >= 0.6 is 11.6 Å². The zero-order valence-corrected chi connectivity index (χ0v) is 20.1. The molecule has 0 aromatic heterocycles. The summed E-state index contributed by atoms with van der Waals surface area (Å²) in [4.78, 5) is 4.64. The van der Waals surface area contributed by atoms with Gasteiger partial charge in [0.25, 0.3) is 6.02 Å². The molecule has 0 amide bonds. The van der Waals surface area contributed by atoms with Gasteiger partial charge in [-0.15, -0.1) is 0 Å². The van der Waals surface area contributed by atoms with Gasteiger partial charge in [0.1, 0.15) is 21.8 Å². The molecule has 1 saturated heterocycles. The lowest BCUT2D eigenvalue weighted by Gasteiger charge is -2.39. The van der Waals surface area contributed by atoms with Crippen LogP contribution in [0.15, 0.2) is 83.9 Å². The van der Waals surface area contributed by atoms with E-state index in [1.807, 2.05) is 74.5 Å². The second kappa shape index (κ2) is 10.1. The first-order valence-corrected chi connectivity index (χ1v) is 12.4. The third-order valence-electron chi connectivity index (χ3n) is 5.62. The molecule has 2 N–H and O–H groups in total. The summed E-state index contributed by atoms with van der Waals surface area (Å²) in [5, 5.41) is 9.73. The average molecular weight is 483 g/mol. The number of rotatable bonds is 6. The molecule has 5 nitrogen and oxygen atoms in total. The number of benzene rings is 3. The van der Waals surface area contributed by atoms with Crippen LogP contribution < -0.4 is 4.72 Å². The van der Waals surface area contributed by atoms with Crippen LogP contribution in [0.1, 0.15) is 42.7 Å². The second-order valence-corrected chi connectivity index (χ2v) is 10.2. The van der Waals surface area contributed by atoms with Crippen LogP contribution in [0.3, 0.4) is 0 Å². The maximum Gasteiger partial charge on any atom is 0.298 e. The van der Waals surface area contributed by atoms with Crippen molar-refractivity contribution in [2.45, 2.75) is 37.2 Å². The number of aliphatic imine (C=N–C) groups is 1. The minimum absolute atomic E-state index is 0.0448. The average Bonchev–Trinajstić information content (AvgIpc) is 2.79. The highest BCUT2D eigenvalue weighted by Gasteiger charge is 2.43. The van der Waals surface area contributed by atoms with Crippen molar-refractivity contribution in [3.63, 3.8) is 0 Å². The Bertz CT molecular complexity index is 1150. The fourth-order valence-electron chi connectivity index (χ4n) is 4.07. The van der Waals surface area contributed by atoms with E-state index < -0.39 is 16.6 Å². The fourth-order valence-corrected chi connectivity index (χ4v) is 5.62. The van der Waals surface area contributed by atoms with Gasteiger partial charge >= 0.3 is 0 Å². The van der Waals surface area contributed by atoms with Crippen molar-refractivity contribution in [2.75, 3.05) is 6.61 Å². The monoisotopic (exact) mass is 482 g/mol. The lowest BCUT2D eigenvalue weighted by atomic mass is 9.95. The molecule has 172 valence electrons. The van der Waals surface area contributed by atoms with Gasteiger partial charge in [-0.25, -0.2) is 9.20 Å². The van der Waals surface area contributed by atoms with Gasteiger partial charge in [0, 0.05) is 11.6 Å². The van der Waals surface area contributed by atoms with Crippen LogP contribution in [0.5, 0.6) is 0 Å². The van der Waals surface area contributed by atoms with E-state index in [0.717, 1.165) is 22.3 Å². The maximum atomic E-state index is 13.3. The molecule has 3 atom stereocenters. The second-order valence-electron chi connectivity index (χ2n) is 8.49. The van der Waals surface area contributed by atoms with E-state index in [1.165, 1.54) is 0 Å². The van der Waals surface area contributed by atoms with Crippen molar-refractivity contribution in [2.24, 2.45) is 4.99 Å². The Morgan fingerprint density at radius 2 is 1.76 bits per heavy atom. The molecule has 2 unspecified atom stereocenters. The highest BCUT2D eigenvalue weighted by Crippen LogP contribution is 2.38. The van der Waals surface area contributed by atoms with Crippen LogP contribution in [0, 0.1) is 0 Å². The van der Waals surface area contributed by atoms with Crippen molar-refractivity contribution in [3.8, 4) is 11.1 Å². The number of hydrogen-bond acceptors (Lipinski definition) is 4. The van der Waals surface area contributed by atoms with Crippen molar-refractivity contribution in [3.05, 3.63) is 95.0 Å². The number of aliphatic hydroxyl groups excluding tert-OH is 1. The molecule has 1 aliphatic rings. The lowest BCUT2D eigenvalue weighted by Crippen LogP contribution is -2.50. The predicted molar refractivity (Wildman–Crippen MR) is 134 cm³/mol. The minimum atomic E-state index is -1.46. The minimum Gasteiger partial charge on any atom is -0.457 e. The van der Waals surface area contributed by atoms with Gasteiger partial charge in [-0.2, -0.15) is 0 Å². The number of nitrogens with one attached hydrogen (secondary N) is 1. The van der Waals surface area contributed by atoms with E-state index in [4.69, 9.17) is 16.3 Å². The first-order chi connectivity index (χ1) is 15.9. The smallest absolute Gasteiger partial charge is 0.298 e. The normalized spacial score (nSPS) is 21.8. The molecule has 3 aromatic rings. The van der Waals surface area contributed by atoms with Crippen LogP contribution in [-0.4, -0.2) is 27.5 Å². The molecule has 0 spiro atoms. The Morgan fingerprint density at radius 1 is 1.06 bits per heavy atom. The van der Waals surface area contributed by atoms with Gasteiger partial charge in [-0.1, -0.05) is 78.3 Å². The molecule has 0 bridgehead atoms. The van der Waals surface area contributed by atoms with Crippen LogP contribution in [0.4, 0.5) is 0 Å². The Morgan fingerprint density at radius 3 is 2.39 bits per heavy atom. The molecule has 7 heteroatoms. The van der Waals surface area contributed by atoms with E-state index in [0.29, 0.717) is 11.4 Å². The molecule has 1 fully saturated rings. The molecule has 0 aliphatic carbocycles. The van der Waals surface area contributed by atoms with Crippen molar-refractivity contribution >= 4 is 28.6 Å². The predicted octanol–water partition coefficient (Wildman–Crippen LogP) is 5.59. The number of aliphatic hydroxyl groups is 1. The van der Waals surface area contributed by atoms with Crippen LogP contribution in [-0.2, 0) is 15.7 Å². The molecule has 1 aliphatic heterocycles. The third-order valence-corrected chi connectivity index (χ3v) is 7.50. The summed E-state index contributed by atoms with van der Waals surface area (Å²) in [5.74, 6) is 0. The van der Waals surface area contributed by atoms with Gasteiger partial charge in [-0.3, -0.25) is 4.72 Å². The number of halogens is 1. The highest BCUT2D eigenvalue weighted by atomic mass is 35.5. The van der Waals surface area contributed by atoms with Crippen molar-refractivity contribution < 1.29 is 14.1 Å². The quantitative estimate of drug-likeness (QED) is 0.481. The Kier molecular flexibility index (Phi) is 7.17. The van der Waals surface area contributed by atoms with Gasteiger partial charge in [0.05, 0.1) is 6.04 Å². The van der Waals surface area contributed by atoms with Crippen molar-refractivity contribution in [1.29, 1.82) is 0 Å². The number of ether oxygens (including phenoxy) is 1.